The quantitative estimate of drug-likeness (QED) is 0.849. The van der Waals surface area contributed by atoms with Crippen LogP contribution in [0.5, 0.6) is 0 Å². The number of carbonyl (C=O) groups excluding carboxylic acids is 1. The maximum Gasteiger partial charge on any atom is 0.273 e. The topological polar surface area (TPSA) is 59.2 Å². The number of carbonyl (C=O) groups is 1. The summed E-state index contributed by atoms with van der Waals surface area (Å²) in [5, 5.41) is 3.33. The second kappa shape index (κ2) is 8.81. The van der Waals surface area contributed by atoms with Crippen LogP contribution in [-0.4, -0.2) is 22.3 Å². The standard InChI is InChI=1S/C17H20ClN3OS.ClH/c18-13-7-5-12(6-8-13)15-4-2-1-3-9-21(15)17(22)14-11-23-16(10-19)20-14;/h5-8,11,15H,1-4,9-10,19H2;1H. The summed E-state index contributed by atoms with van der Waals surface area (Å²) in [6, 6.07) is 7.90. The van der Waals surface area contributed by atoms with Gasteiger partial charge in [-0.25, -0.2) is 4.98 Å². The third kappa shape index (κ3) is 4.28. The summed E-state index contributed by atoms with van der Waals surface area (Å²) in [4.78, 5) is 19.3. The van der Waals surface area contributed by atoms with Crippen LogP contribution >= 0.6 is 35.3 Å². The Balaban J connectivity index is 0.00000208. The van der Waals surface area contributed by atoms with Crippen molar-refractivity contribution in [3.05, 3.63) is 50.9 Å². The molecule has 1 atom stereocenters. The van der Waals surface area contributed by atoms with E-state index in [1.807, 2.05) is 34.5 Å². The minimum atomic E-state index is 0. The van der Waals surface area contributed by atoms with Gasteiger partial charge in [0.05, 0.1) is 6.04 Å². The number of rotatable bonds is 3. The molecule has 0 saturated carbocycles. The summed E-state index contributed by atoms with van der Waals surface area (Å²) in [6.45, 7) is 1.14. The highest BCUT2D eigenvalue weighted by Crippen LogP contribution is 2.32. The second-order valence-corrected chi connectivity index (χ2v) is 7.12. The van der Waals surface area contributed by atoms with Crippen molar-refractivity contribution in [3.63, 3.8) is 0 Å². The summed E-state index contributed by atoms with van der Waals surface area (Å²) in [5.74, 6) is 0.00259. The van der Waals surface area contributed by atoms with Gasteiger partial charge in [0.25, 0.3) is 5.91 Å². The van der Waals surface area contributed by atoms with Crippen LogP contribution < -0.4 is 5.73 Å². The van der Waals surface area contributed by atoms with Crippen molar-refractivity contribution in [2.45, 2.75) is 38.3 Å². The second-order valence-electron chi connectivity index (χ2n) is 5.75. The molecule has 1 aromatic heterocycles. The van der Waals surface area contributed by atoms with Gasteiger partial charge in [0.15, 0.2) is 0 Å². The van der Waals surface area contributed by atoms with Crippen molar-refractivity contribution in [2.75, 3.05) is 6.54 Å². The predicted molar refractivity (Wildman–Crippen MR) is 101 cm³/mol. The third-order valence-electron chi connectivity index (χ3n) is 4.21. The highest BCUT2D eigenvalue weighted by Gasteiger charge is 2.28. The van der Waals surface area contributed by atoms with Gasteiger partial charge in [-0.1, -0.05) is 36.6 Å². The Morgan fingerprint density at radius 1 is 1.29 bits per heavy atom. The largest absolute Gasteiger partial charge is 0.330 e. The molecule has 1 aliphatic rings. The Labute approximate surface area is 157 Å². The summed E-state index contributed by atoms with van der Waals surface area (Å²) in [7, 11) is 0. The molecule has 0 bridgehead atoms. The molecule has 2 N–H and O–H groups in total. The number of amides is 1. The molecule has 4 nitrogen and oxygen atoms in total. The molecule has 130 valence electrons. The van der Waals surface area contributed by atoms with Crippen molar-refractivity contribution in [1.29, 1.82) is 0 Å². The van der Waals surface area contributed by atoms with Crippen molar-refractivity contribution in [3.8, 4) is 0 Å². The Hall–Kier alpha value is -1.14. The Morgan fingerprint density at radius 3 is 2.71 bits per heavy atom. The number of hydrogen-bond donors (Lipinski definition) is 1. The molecule has 24 heavy (non-hydrogen) atoms. The summed E-state index contributed by atoms with van der Waals surface area (Å²) >= 11 is 7.44. The average Bonchev–Trinajstić information content (AvgIpc) is 2.92. The molecule has 1 amide bonds. The lowest BCUT2D eigenvalue weighted by molar-refractivity contribution is 0.0675. The fourth-order valence-corrected chi connectivity index (χ4v) is 3.81. The smallest absolute Gasteiger partial charge is 0.273 e. The number of nitrogens with zero attached hydrogens (tertiary/aromatic N) is 2. The fraction of sp³-hybridized carbons (Fsp3) is 0.412. The first-order valence-electron chi connectivity index (χ1n) is 7.90. The van der Waals surface area contributed by atoms with Gasteiger partial charge in [-0.05, 0) is 30.5 Å². The Morgan fingerprint density at radius 2 is 2.04 bits per heavy atom. The number of likely N-dealkylation sites (tertiary alicyclic amines) is 1. The molecule has 1 aliphatic heterocycles. The van der Waals surface area contributed by atoms with E-state index < -0.39 is 0 Å². The minimum absolute atomic E-state index is 0. The van der Waals surface area contributed by atoms with Crippen LogP contribution in [-0.2, 0) is 6.54 Å². The SMILES string of the molecule is Cl.NCc1nc(C(=O)N2CCCCCC2c2ccc(Cl)cc2)cs1. The molecule has 1 aromatic carbocycles. The molecule has 0 aliphatic carbocycles. The van der Waals surface area contributed by atoms with E-state index in [0.29, 0.717) is 17.3 Å². The normalized spacial score (nSPS) is 17.9. The van der Waals surface area contributed by atoms with Crippen LogP contribution in [0.2, 0.25) is 5.02 Å². The molecular weight excluding hydrogens is 365 g/mol. The molecule has 0 spiro atoms. The third-order valence-corrected chi connectivity index (χ3v) is 5.34. The highest BCUT2D eigenvalue weighted by atomic mass is 35.5. The zero-order chi connectivity index (χ0) is 16.2. The first kappa shape index (κ1) is 19.2. The van der Waals surface area contributed by atoms with Crippen molar-refractivity contribution < 1.29 is 4.79 Å². The first-order valence-corrected chi connectivity index (χ1v) is 9.15. The van der Waals surface area contributed by atoms with E-state index in [-0.39, 0.29) is 24.4 Å². The molecule has 2 aromatic rings. The lowest BCUT2D eigenvalue weighted by Gasteiger charge is -2.30. The molecule has 1 fully saturated rings. The average molecular weight is 386 g/mol. The number of halogens is 2. The molecule has 1 unspecified atom stereocenters. The zero-order valence-electron chi connectivity index (χ0n) is 13.3. The zero-order valence-corrected chi connectivity index (χ0v) is 15.7. The lowest BCUT2D eigenvalue weighted by atomic mass is 10.0. The van der Waals surface area contributed by atoms with E-state index in [0.717, 1.165) is 42.8 Å². The van der Waals surface area contributed by atoms with Crippen molar-refractivity contribution >= 4 is 41.3 Å². The summed E-state index contributed by atoms with van der Waals surface area (Å²) < 4.78 is 0. The maximum absolute atomic E-state index is 12.9. The Bertz CT molecular complexity index is 675. The summed E-state index contributed by atoms with van der Waals surface area (Å²) in [6.07, 6.45) is 4.28. The number of aromatic nitrogens is 1. The number of benzene rings is 1. The molecule has 2 heterocycles. The van der Waals surface area contributed by atoms with Crippen LogP contribution in [0.4, 0.5) is 0 Å². The van der Waals surface area contributed by atoms with E-state index in [2.05, 4.69) is 4.98 Å². The van der Waals surface area contributed by atoms with Gasteiger partial charge in [-0.15, -0.1) is 23.7 Å². The van der Waals surface area contributed by atoms with Gasteiger partial charge in [-0.2, -0.15) is 0 Å². The van der Waals surface area contributed by atoms with Gasteiger partial charge >= 0.3 is 0 Å². The van der Waals surface area contributed by atoms with E-state index in [9.17, 15) is 4.79 Å². The van der Waals surface area contributed by atoms with Gasteiger partial charge in [0, 0.05) is 23.5 Å². The van der Waals surface area contributed by atoms with Crippen molar-refractivity contribution in [1.82, 2.24) is 9.88 Å². The minimum Gasteiger partial charge on any atom is -0.330 e. The molecule has 1 saturated heterocycles. The lowest BCUT2D eigenvalue weighted by Crippen LogP contribution is -2.35. The van der Waals surface area contributed by atoms with Crippen LogP contribution in [0.25, 0.3) is 0 Å². The molecular formula is C17H21Cl2N3OS. The maximum atomic E-state index is 12.9. The molecule has 3 rings (SSSR count). The highest BCUT2D eigenvalue weighted by molar-refractivity contribution is 7.09. The van der Waals surface area contributed by atoms with Gasteiger partial charge in [0.1, 0.15) is 10.7 Å². The van der Waals surface area contributed by atoms with E-state index in [1.54, 1.807) is 0 Å². The monoisotopic (exact) mass is 385 g/mol. The van der Waals surface area contributed by atoms with E-state index in [4.69, 9.17) is 17.3 Å². The number of thiazole rings is 1. The van der Waals surface area contributed by atoms with E-state index in [1.165, 1.54) is 11.3 Å². The number of nitrogens with two attached hydrogens (primary N) is 1. The molecule has 7 heteroatoms. The van der Waals surface area contributed by atoms with Crippen LogP contribution in [0.15, 0.2) is 29.6 Å². The fourth-order valence-electron chi connectivity index (χ4n) is 3.03. The van der Waals surface area contributed by atoms with E-state index >= 15 is 0 Å². The van der Waals surface area contributed by atoms with Crippen molar-refractivity contribution in [2.24, 2.45) is 5.73 Å². The predicted octanol–water partition coefficient (Wildman–Crippen LogP) is 4.43. The van der Waals surface area contributed by atoms with Crippen LogP contribution in [0.3, 0.4) is 0 Å². The molecule has 0 radical (unpaired) electrons. The van der Waals surface area contributed by atoms with Gasteiger partial charge in [0.2, 0.25) is 0 Å². The van der Waals surface area contributed by atoms with Crippen LogP contribution in [0, 0.1) is 0 Å². The van der Waals surface area contributed by atoms with Gasteiger partial charge in [-0.3, -0.25) is 4.79 Å². The Kier molecular flexibility index (Phi) is 7.04. The van der Waals surface area contributed by atoms with Crippen LogP contribution in [0.1, 0.15) is 52.8 Å². The van der Waals surface area contributed by atoms with Gasteiger partial charge < -0.3 is 10.6 Å². The summed E-state index contributed by atoms with van der Waals surface area (Å²) in [5.41, 5.74) is 7.26. The number of hydrogen-bond acceptors (Lipinski definition) is 4. The first-order chi connectivity index (χ1) is 11.2.